The first-order valence-corrected chi connectivity index (χ1v) is 9.45. The van der Waals surface area contributed by atoms with Crippen LogP contribution in [0.3, 0.4) is 0 Å². The van der Waals surface area contributed by atoms with Gasteiger partial charge >= 0.3 is 6.03 Å². The summed E-state index contributed by atoms with van der Waals surface area (Å²) in [5.74, 6) is 0.945. The van der Waals surface area contributed by atoms with Crippen molar-refractivity contribution in [3.63, 3.8) is 0 Å². The van der Waals surface area contributed by atoms with Gasteiger partial charge in [0, 0.05) is 24.6 Å². The van der Waals surface area contributed by atoms with E-state index < -0.39 is 6.03 Å². The summed E-state index contributed by atoms with van der Waals surface area (Å²) < 4.78 is 10.5. The normalized spacial score (nSPS) is 20.8. The lowest BCUT2D eigenvalue weighted by molar-refractivity contribution is -0.910. The minimum absolute atomic E-state index is 0.174. The van der Waals surface area contributed by atoms with Gasteiger partial charge in [0.1, 0.15) is 6.04 Å². The zero-order chi connectivity index (χ0) is 17.9. The molecular weight excluding hydrogens is 354 g/mol. The molecule has 2 aliphatic rings. The summed E-state index contributed by atoms with van der Waals surface area (Å²) >= 11 is 1.72. The first-order chi connectivity index (χ1) is 12.7. The average molecular weight is 374 g/mol. The number of amides is 3. The smallest absolute Gasteiger partial charge is 0.326 e. The van der Waals surface area contributed by atoms with Crippen LogP contribution in [-0.4, -0.2) is 31.8 Å². The summed E-state index contributed by atoms with van der Waals surface area (Å²) in [6.07, 6.45) is 2.17. The van der Waals surface area contributed by atoms with Crippen molar-refractivity contribution in [2.45, 2.75) is 18.9 Å². The summed E-state index contributed by atoms with van der Waals surface area (Å²) in [5, 5.41) is 7.12. The highest BCUT2D eigenvalue weighted by atomic mass is 32.1. The van der Waals surface area contributed by atoms with Crippen LogP contribution in [0.25, 0.3) is 0 Å². The number of quaternary nitrogens is 1. The molecule has 1 saturated heterocycles. The zero-order valence-electron chi connectivity index (χ0n) is 14.1. The van der Waals surface area contributed by atoms with Crippen LogP contribution in [0.15, 0.2) is 35.7 Å². The standard InChI is InChI=1S/C18H19N3O4S/c22-17(10-21-7-1-3-13(21)16-4-2-8-26-16)20-18(23)19-12-5-6-14-15(9-12)25-11-24-14/h2,4-6,8-9,13H,1,3,7,10-11H2,(H2,19,20,22,23)/p+1/t13-/m0/s1. The summed E-state index contributed by atoms with van der Waals surface area (Å²) in [5.41, 5.74) is 0.546. The Morgan fingerprint density at radius 1 is 1.23 bits per heavy atom. The fourth-order valence-corrected chi connectivity index (χ4v) is 4.39. The van der Waals surface area contributed by atoms with Gasteiger partial charge in [0.2, 0.25) is 6.79 Å². The fraction of sp³-hybridized carbons (Fsp3) is 0.333. The van der Waals surface area contributed by atoms with Crippen LogP contribution < -0.4 is 25.0 Å². The zero-order valence-corrected chi connectivity index (χ0v) is 14.9. The van der Waals surface area contributed by atoms with Crippen molar-refractivity contribution in [1.82, 2.24) is 5.32 Å². The Balaban J connectivity index is 1.31. The van der Waals surface area contributed by atoms with Crippen LogP contribution in [0.2, 0.25) is 0 Å². The second kappa shape index (κ2) is 7.35. The van der Waals surface area contributed by atoms with Gasteiger partial charge in [-0.25, -0.2) is 4.79 Å². The predicted molar refractivity (Wildman–Crippen MR) is 96.7 cm³/mol. The molecule has 0 spiro atoms. The van der Waals surface area contributed by atoms with Crippen LogP contribution in [-0.2, 0) is 4.79 Å². The molecular formula is C18H20N3O4S+. The molecule has 0 radical (unpaired) electrons. The Labute approximate surface area is 154 Å². The molecule has 1 fully saturated rings. The monoisotopic (exact) mass is 374 g/mol. The summed E-state index contributed by atoms with van der Waals surface area (Å²) in [7, 11) is 0. The van der Waals surface area contributed by atoms with Crippen LogP contribution in [0.1, 0.15) is 23.8 Å². The third-order valence-electron chi connectivity index (χ3n) is 4.64. The number of rotatable bonds is 4. The number of fused-ring (bicyclic) bond motifs is 1. The van der Waals surface area contributed by atoms with Gasteiger partial charge in [-0.15, -0.1) is 11.3 Å². The first kappa shape index (κ1) is 16.9. The Bertz CT molecular complexity index is 809. The molecule has 3 N–H and O–H groups in total. The van der Waals surface area contributed by atoms with E-state index in [-0.39, 0.29) is 19.2 Å². The molecule has 4 rings (SSSR count). The fourth-order valence-electron chi connectivity index (χ4n) is 3.47. The number of thiophene rings is 1. The Morgan fingerprint density at radius 2 is 2.12 bits per heavy atom. The molecule has 3 amide bonds. The van der Waals surface area contributed by atoms with E-state index in [2.05, 4.69) is 22.1 Å². The molecule has 26 heavy (non-hydrogen) atoms. The van der Waals surface area contributed by atoms with Gasteiger partial charge < -0.3 is 19.7 Å². The number of carbonyl (C=O) groups is 2. The summed E-state index contributed by atoms with van der Waals surface area (Å²) in [6, 6.07) is 9.05. The number of benzene rings is 1. The van der Waals surface area contributed by atoms with Crippen LogP contribution in [0.4, 0.5) is 10.5 Å². The molecule has 1 unspecified atom stereocenters. The molecule has 7 nitrogen and oxygen atoms in total. The van der Waals surface area contributed by atoms with Gasteiger partial charge in [-0.1, -0.05) is 6.07 Å². The molecule has 1 aromatic carbocycles. The Kier molecular flexibility index (Phi) is 4.77. The molecule has 2 aromatic rings. The average Bonchev–Trinajstić information content (AvgIpc) is 3.35. The quantitative estimate of drug-likeness (QED) is 0.758. The molecule has 136 valence electrons. The first-order valence-electron chi connectivity index (χ1n) is 8.57. The maximum Gasteiger partial charge on any atom is 0.326 e. The van der Waals surface area contributed by atoms with Crippen molar-refractivity contribution in [2.24, 2.45) is 0 Å². The highest BCUT2D eigenvalue weighted by Gasteiger charge is 2.32. The van der Waals surface area contributed by atoms with E-state index in [9.17, 15) is 9.59 Å². The topological polar surface area (TPSA) is 81.1 Å². The molecule has 2 aliphatic heterocycles. The van der Waals surface area contributed by atoms with Gasteiger partial charge in [-0.05, 0) is 23.6 Å². The van der Waals surface area contributed by atoms with Gasteiger partial charge in [-0.3, -0.25) is 10.1 Å². The van der Waals surface area contributed by atoms with E-state index in [4.69, 9.17) is 9.47 Å². The van der Waals surface area contributed by atoms with E-state index >= 15 is 0 Å². The minimum atomic E-state index is -0.542. The molecule has 0 aliphatic carbocycles. The lowest BCUT2D eigenvalue weighted by Crippen LogP contribution is -3.11. The molecule has 3 heterocycles. The van der Waals surface area contributed by atoms with Crippen molar-refractivity contribution >= 4 is 29.0 Å². The maximum atomic E-state index is 12.3. The van der Waals surface area contributed by atoms with Gasteiger partial charge in [0.15, 0.2) is 18.0 Å². The number of anilines is 1. The Morgan fingerprint density at radius 3 is 2.96 bits per heavy atom. The maximum absolute atomic E-state index is 12.3. The molecule has 1 aromatic heterocycles. The van der Waals surface area contributed by atoms with Crippen LogP contribution in [0.5, 0.6) is 11.5 Å². The second-order valence-corrected chi connectivity index (χ2v) is 7.34. The lowest BCUT2D eigenvalue weighted by Gasteiger charge is -2.19. The molecule has 0 saturated carbocycles. The van der Waals surface area contributed by atoms with Gasteiger partial charge in [0.05, 0.1) is 11.4 Å². The minimum Gasteiger partial charge on any atom is -0.454 e. The molecule has 2 atom stereocenters. The van der Waals surface area contributed by atoms with Crippen molar-refractivity contribution < 1.29 is 24.0 Å². The van der Waals surface area contributed by atoms with Crippen molar-refractivity contribution in [3.05, 3.63) is 40.6 Å². The number of hydrogen-bond donors (Lipinski definition) is 3. The number of hydrogen-bond acceptors (Lipinski definition) is 5. The van der Waals surface area contributed by atoms with Crippen LogP contribution >= 0.6 is 11.3 Å². The van der Waals surface area contributed by atoms with Gasteiger partial charge in [0.25, 0.3) is 5.91 Å². The molecule has 0 bridgehead atoms. The van der Waals surface area contributed by atoms with Crippen LogP contribution in [0, 0.1) is 0 Å². The van der Waals surface area contributed by atoms with E-state index in [0.717, 1.165) is 19.4 Å². The van der Waals surface area contributed by atoms with E-state index in [1.807, 2.05) is 6.07 Å². The predicted octanol–water partition coefficient (Wildman–Crippen LogP) is 1.54. The van der Waals surface area contributed by atoms with E-state index in [1.165, 1.54) is 9.78 Å². The number of nitrogens with one attached hydrogen (secondary N) is 3. The molecule has 8 heteroatoms. The summed E-state index contributed by atoms with van der Waals surface area (Å²) in [4.78, 5) is 26.9. The second-order valence-electron chi connectivity index (χ2n) is 6.37. The van der Waals surface area contributed by atoms with Crippen molar-refractivity contribution in [3.8, 4) is 11.5 Å². The highest BCUT2D eigenvalue weighted by molar-refractivity contribution is 7.10. The van der Waals surface area contributed by atoms with Gasteiger partial charge in [-0.2, -0.15) is 0 Å². The van der Waals surface area contributed by atoms with E-state index in [0.29, 0.717) is 23.2 Å². The number of urea groups is 1. The number of carbonyl (C=O) groups excluding carboxylic acids is 2. The van der Waals surface area contributed by atoms with Crippen molar-refractivity contribution in [2.75, 3.05) is 25.2 Å². The third-order valence-corrected chi connectivity index (χ3v) is 5.63. The SMILES string of the molecule is O=C(C[NH+]1CCC[C@H]1c1cccs1)NC(=O)Nc1ccc2c(c1)OCO2. The highest BCUT2D eigenvalue weighted by Crippen LogP contribution is 2.34. The van der Waals surface area contributed by atoms with Crippen molar-refractivity contribution in [1.29, 1.82) is 0 Å². The largest absolute Gasteiger partial charge is 0.454 e. The lowest BCUT2D eigenvalue weighted by atomic mass is 10.2. The van der Waals surface area contributed by atoms with E-state index in [1.54, 1.807) is 29.5 Å². The Hall–Kier alpha value is -2.58. The number of ether oxygens (including phenoxy) is 2. The summed E-state index contributed by atoms with van der Waals surface area (Å²) in [6.45, 7) is 1.41. The number of likely N-dealkylation sites (tertiary alicyclic amines) is 1. The number of imide groups is 1. The third kappa shape index (κ3) is 3.66.